The number of hydrogen-bond acceptors (Lipinski definition) is 5. The third-order valence-electron chi connectivity index (χ3n) is 4.80. The van der Waals surface area contributed by atoms with Crippen LogP contribution in [0, 0.1) is 0 Å². The minimum Gasteiger partial charge on any atom is -0.460 e. The van der Waals surface area contributed by atoms with Crippen molar-refractivity contribution in [3.63, 3.8) is 0 Å². The van der Waals surface area contributed by atoms with Crippen molar-refractivity contribution >= 4 is 27.7 Å². The van der Waals surface area contributed by atoms with Gasteiger partial charge in [-0.25, -0.2) is 4.79 Å². The first kappa shape index (κ1) is 22.2. The number of benzene rings is 3. The van der Waals surface area contributed by atoms with Gasteiger partial charge in [0, 0.05) is 18.2 Å². The molecule has 0 saturated carbocycles. The van der Waals surface area contributed by atoms with Gasteiger partial charge in [0.15, 0.2) is 0 Å². The monoisotopic (exact) mass is 505 g/mol. The maximum Gasteiger partial charge on any atom is 0.439 e. The van der Waals surface area contributed by atoms with Crippen molar-refractivity contribution in [3.05, 3.63) is 82.3 Å². The van der Waals surface area contributed by atoms with Gasteiger partial charge in [-0.05, 0) is 39.2 Å². The van der Waals surface area contributed by atoms with Gasteiger partial charge in [-0.15, -0.1) is 5.06 Å². The van der Waals surface area contributed by atoms with E-state index in [1.54, 1.807) is 36.4 Å². The predicted molar refractivity (Wildman–Crippen MR) is 116 cm³/mol. The van der Waals surface area contributed by atoms with E-state index in [0.717, 1.165) is 11.1 Å². The lowest BCUT2D eigenvalue weighted by atomic mass is 9.95. The van der Waals surface area contributed by atoms with Crippen LogP contribution in [0.2, 0.25) is 0 Å². The zero-order chi connectivity index (χ0) is 22.7. The van der Waals surface area contributed by atoms with Crippen LogP contribution in [0.5, 0.6) is 5.75 Å². The van der Waals surface area contributed by atoms with Gasteiger partial charge in [-0.1, -0.05) is 54.6 Å². The lowest BCUT2D eigenvalue weighted by molar-refractivity contribution is -0.135. The van der Waals surface area contributed by atoms with Gasteiger partial charge in [-0.3, -0.25) is 0 Å². The summed E-state index contributed by atoms with van der Waals surface area (Å²) in [6, 6.07) is 19.4. The lowest BCUT2D eigenvalue weighted by Gasteiger charge is -2.30. The van der Waals surface area contributed by atoms with Gasteiger partial charge < -0.3 is 14.2 Å². The number of halogens is 3. The van der Waals surface area contributed by atoms with E-state index in [-0.39, 0.29) is 12.3 Å². The average molecular weight is 506 g/mol. The van der Waals surface area contributed by atoms with Crippen LogP contribution in [0.3, 0.4) is 0 Å². The third kappa shape index (κ3) is 4.45. The highest BCUT2D eigenvalue weighted by atomic mass is 79.9. The van der Waals surface area contributed by atoms with Crippen molar-refractivity contribution in [2.24, 2.45) is 0 Å². The Morgan fingerprint density at radius 2 is 1.78 bits per heavy atom. The zero-order valence-corrected chi connectivity index (χ0v) is 18.4. The minimum absolute atomic E-state index is 0.0205. The molecule has 166 valence electrons. The van der Waals surface area contributed by atoms with Crippen molar-refractivity contribution in [2.45, 2.75) is 19.5 Å². The van der Waals surface area contributed by atoms with Gasteiger partial charge in [0.2, 0.25) is 6.29 Å². The van der Waals surface area contributed by atoms with E-state index in [4.69, 9.17) is 14.2 Å². The molecular weight excluding hydrogens is 488 g/mol. The highest BCUT2D eigenvalue weighted by Crippen LogP contribution is 2.48. The number of rotatable bonds is 6. The smallest absolute Gasteiger partial charge is 0.439 e. The van der Waals surface area contributed by atoms with Crippen LogP contribution in [-0.2, 0) is 20.9 Å². The molecule has 1 amide bonds. The molecule has 3 aromatic rings. The summed E-state index contributed by atoms with van der Waals surface area (Å²) in [5, 5.41) is 0.422. The summed E-state index contributed by atoms with van der Waals surface area (Å²) >= 11 is 3.42. The number of amides is 1. The summed E-state index contributed by atoms with van der Waals surface area (Å²) in [6.07, 6.45) is -1.93. The number of alkyl halides is 2. The van der Waals surface area contributed by atoms with E-state index in [9.17, 15) is 13.6 Å². The molecule has 1 unspecified atom stereocenters. The van der Waals surface area contributed by atoms with Gasteiger partial charge in [-0.2, -0.15) is 13.6 Å². The summed E-state index contributed by atoms with van der Waals surface area (Å²) in [7, 11) is 1.46. The Morgan fingerprint density at radius 1 is 1.06 bits per heavy atom. The van der Waals surface area contributed by atoms with Gasteiger partial charge in [0.05, 0.1) is 10.2 Å². The molecule has 0 spiro atoms. The number of methoxy groups -OCH3 is 1. The topological polar surface area (TPSA) is 57.2 Å². The molecule has 0 fully saturated rings. The van der Waals surface area contributed by atoms with Crippen LogP contribution in [0.15, 0.2) is 71.2 Å². The number of fused-ring (bicyclic) bond motifs is 3. The van der Waals surface area contributed by atoms with Crippen molar-refractivity contribution in [3.8, 4) is 16.9 Å². The van der Waals surface area contributed by atoms with Crippen LogP contribution >= 0.6 is 15.9 Å². The molecule has 1 aliphatic rings. The van der Waals surface area contributed by atoms with Crippen LogP contribution in [0.4, 0.5) is 19.3 Å². The minimum atomic E-state index is -3.25. The van der Waals surface area contributed by atoms with Gasteiger partial charge in [0.25, 0.3) is 0 Å². The maximum atomic E-state index is 13.2. The zero-order valence-electron chi connectivity index (χ0n) is 16.8. The average Bonchev–Trinajstić information content (AvgIpc) is 2.81. The molecular formula is C23H18BrF2NO5. The van der Waals surface area contributed by atoms with Crippen molar-refractivity contribution in [1.82, 2.24) is 0 Å². The SMILES string of the molecule is COC1Oc2ccccc2-c2ccc(N(OC(F)F)C(=O)OCc3ccccc3)c(Br)c21. The number of anilines is 1. The molecule has 0 bridgehead atoms. The number of ether oxygens (including phenoxy) is 3. The van der Waals surface area contributed by atoms with E-state index >= 15 is 0 Å². The molecule has 0 N–H and O–H groups in total. The van der Waals surface area contributed by atoms with Crippen LogP contribution in [-0.4, -0.2) is 19.8 Å². The van der Waals surface area contributed by atoms with Crippen LogP contribution in [0.1, 0.15) is 17.4 Å². The standard InChI is InChI=1S/C23H18BrF2NO5/c1-29-21-19-16(15-9-5-6-10-18(15)31-21)11-12-17(20(19)24)27(32-22(25)26)23(28)30-13-14-7-3-2-4-8-14/h2-12,21-22H,13H2,1H3. The Labute approximate surface area is 191 Å². The van der Waals surface area contributed by atoms with E-state index < -0.39 is 19.0 Å². The summed E-state index contributed by atoms with van der Waals surface area (Å²) < 4.78 is 43.2. The summed E-state index contributed by atoms with van der Waals surface area (Å²) in [5.74, 6) is 0.620. The Kier molecular flexibility index (Phi) is 6.69. The molecule has 32 heavy (non-hydrogen) atoms. The summed E-state index contributed by atoms with van der Waals surface area (Å²) in [4.78, 5) is 17.2. The Balaban J connectivity index is 1.70. The fourth-order valence-corrected chi connectivity index (χ4v) is 4.09. The van der Waals surface area contributed by atoms with Gasteiger partial charge >= 0.3 is 12.7 Å². The number of carbonyl (C=O) groups excluding carboxylic acids is 1. The molecule has 3 aromatic carbocycles. The number of hydroxylamine groups is 1. The Bertz CT molecular complexity index is 1110. The van der Waals surface area contributed by atoms with Crippen molar-refractivity contribution in [2.75, 3.05) is 12.2 Å². The van der Waals surface area contributed by atoms with Crippen LogP contribution < -0.4 is 9.80 Å². The largest absolute Gasteiger partial charge is 0.460 e. The molecule has 0 saturated heterocycles. The highest BCUT2D eigenvalue weighted by molar-refractivity contribution is 9.10. The fourth-order valence-electron chi connectivity index (χ4n) is 3.39. The quantitative estimate of drug-likeness (QED) is 0.360. The van der Waals surface area contributed by atoms with E-state index in [2.05, 4.69) is 20.8 Å². The molecule has 9 heteroatoms. The first-order valence-corrected chi connectivity index (χ1v) is 10.4. The number of para-hydroxylation sites is 1. The number of carbonyl (C=O) groups is 1. The van der Waals surface area contributed by atoms with Crippen LogP contribution in [0.25, 0.3) is 11.1 Å². The number of hydrogen-bond donors (Lipinski definition) is 0. The van der Waals surface area contributed by atoms with E-state index in [1.165, 1.54) is 13.2 Å². The normalized spacial score (nSPS) is 14.3. The highest BCUT2D eigenvalue weighted by Gasteiger charge is 2.33. The second-order valence-electron chi connectivity index (χ2n) is 6.74. The van der Waals surface area contributed by atoms with Gasteiger partial charge in [0.1, 0.15) is 12.4 Å². The van der Waals surface area contributed by atoms with Crippen molar-refractivity contribution < 1.29 is 32.6 Å². The summed E-state index contributed by atoms with van der Waals surface area (Å²) in [6.45, 7) is -3.36. The molecule has 1 aliphatic heterocycles. The molecule has 1 atom stereocenters. The lowest BCUT2D eigenvalue weighted by Crippen LogP contribution is -2.34. The molecule has 0 aliphatic carbocycles. The number of nitrogens with zero attached hydrogens (tertiary/aromatic N) is 1. The van der Waals surface area contributed by atoms with E-state index in [0.29, 0.717) is 26.4 Å². The first-order chi connectivity index (χ1) is 15.5. The maximum absolute atomic E-state index is 13.2. The van der Waals surface area contributed by atoms with E-state index in [1.807, 2.05) is 24.3 Å². The third-order valence-corrected chi connectivity index (χ3v) is 5.63. The Morgan fingerprint density at radius 3 is 2.50 bits per heavy atom. The molecule has 4 rings (SSSR count). The summed E-state index contributed by atoms with van der Waals surface area (Å²) in [5.41, 5.74) is 2.82. The second-order valence-corrected chi connectivity index (χ2v) is 7.54. The molecule has 0 radical (unpaired) electrons. The first-order valence-electron chi connectivity index (χ1n) is 9.56. The van der Waals surface area contributed by atoms with Crippen molar-refractivity contribution in [1.29, 1.82) is 0 Å². The second kappa shape index (κ2) is 9.64. The molecule has 0 aromatic heterocycles. The molecule has 6 nitrogen and oxygen atoms in total. The Hall–Kier alpha value is -3.01. The fraction of sp³-hybridized carbons (Fsp3) is 0.174. The molecule has 1 heterocycles. The predicted octanol–water partition coefficient (Wildman–Crippen LogP) is 6.45.